The first-order valence-corrected chi connectivity index (χ1v) is 6.65. The number of aromatic nitrogens is 2. The molecule has 19 heavy (non-hydrogen) atoms. The summed E-state index contributed by atoms with van der Waals surface area (Å²) in [7, 11) is 0. The van der Waals surface area contributed by atoms with Gasteiger partial charge in [0.15, 0.2) is 0 Å². The molecule has 1 heterocycles. The minimum Gasteiger partial charge on any atom is -0.481 e. The predicted octanol–water partition coefficient (Wildman–Crippen LogP) is 1.93. The van der Waals surface area contributed by atoms with Crippen LogP contribution in [0.3, 0.4) is 0 Å². The lowest BCUT2D eigenvalue weighted by molar-refractivity contribution is -0.141. The molecule has 1 aromatic heterocycles. The second kappa shape index (κ2) is 6.36. The van der Waals surface area contributed by atoms with Gasteiger partial charge in [0, 0.05) is 12.1 Å². The van der Waals surface area contributed by atoms with Crippen molar-refractivity contribution < 1.29 is 14.6 Å². The molecule has 6 nitrogen and oxygen atoms in total. The Balaban J connectivity index is 2.00. The highest BCUT2D eigenvalue weighted by Crippen LogP contribution is 2.28. The number of rotatable bonds is 6. The fourth-order valence-electron chi connectivity index (χ4n) is 2.32. The van der Waals surface area contributed by atoms with E-state index in [0.717, 1.165) is 25.7 Å². The van der Waals surface area contributed by atoms with Crippen LogP contribution in [0.1, 0.15) is 32.6 Å². The van der Waals surface area contributed by atoms with Crippen LogP contribution in [0.2, 0.25) is 0 Å². The van der Waals surface area contributed by atoms with Crippen molar-refractivity contribution in [1.82, 2.24) is 9.97 Å². The third-order valence-corrected chi connectivity index (χ3v) is 3.26. The van der Waals surface area contributed by atoms with Crippen LogP contribution in [0.4, 0.5) is 5.82 Å². The number of aliphatic carboxylic acids is 1. The van der Waals surface area contributed by atoms with E-state index in [1.807, 2.05) is 6.92 Å². The highest BCUT2D eigenvalue weighted by Gasteiger charge is 2.33. The van der Waals surface area contributed by atoms with Gasteiger partial charge in [-0.1, -0.05) is 13.3 Å². The fourth-order valence-corrected chi connectivity index (χ4v) is 2.32. The van der Waals surface area contributed by atoms with Crippen molar-refractivity contribution in [2.75, 3.05) is 11.9 Å². The smallest absolute Gasteiger partial charge is 0.308 e. The number of nitrogens with zero attached hydrogens (tertiary/aromatic N) is 2. The highest BCUT2D eigenvalue weighted by atomic mass is 16.5. The number of carboxylic acid groups (broad SMARTS) is 1. The van der Waals surface area contributed by atoms with E-state index in [1.54, 1.807) is 6.07 Å². The van der Waals surface area contributed by atoms with Gasteiger partial charge in [0.05, 0.1) is 12.5 Å². The largest absolute Gasteiger partial charge is 0.481 e. The number of ether oxygens (including phenoxy) is 1. The Labute approximate surface area is 112 Å². The third-order valence-electron chi connectivity index (χ3n) is 3.26. The van der Waals surface area contributed by atoms with Gasteiger partial charge in [0.25, 0.3) is 0 Å². The molecule has 104 valence electrons. The highest BCUT2D eigenvalue weighted by molar-refractivity contribution is 5.72. The van der Waals surface area contributed by atoms with Gasteiger partial charge in [-0.3, -0.25) is 4.79 Å². The molecular weight excluding hydrogens is 246 g/mol. The zero-order valence-electron chi connectivity index (χ0n) is 11.0. The van der Waals surface area contributed by atoms with Crippen LogP contribution in [0.25, 0.3) is 0 Å². The van der Waals surface area contributed by atoms with E-state index in [1.165, 1.54) is 6.33 Å². The van der Waals surface area contributed by atoms with Crippen molar-refractivity contribution in [2.24, 2.45) is 5.92 Å². The quantitative estimate of drug-likeness (QED) is 0.817. The maximum Gasteiger partial charge on any atom is 0.308 e. The van der Waals surface area contributed by atoms with E-state index in [2.05, 4.69) is 15.3 Å². The molecule has 2 N–H and O–H groups in total. The number of nitrogens with one attached hydrogen (secondary N) is 1. The van der Waals surface area contributed by atoms with E-state index in [9.17, 15) is 4.79 Å². The minimum atomic E-state index is -0.744. The van der Waals surface area contributed by atoms with Crippen LogP contribution in [0.5, 0.6) is 5.88 Å². The van der Waals surface area contributed by atoms with Gasteiger partial charge in [-0.25, -0.2) is 9.97 Å². The van der Waals surface area contributed by atoms with Crippen LogP contribution in [0.15, 0.2) is 12.4 Å². The SMILES string of the molecule is CCCOc1cc(NC2CCCC2C(=O)O)ncn1. The standard InChI is InChI=1S/C13H19N3O3/c1-2-6-19-12-7-11(14-8-15-12)16-10-5-3-4-9(10)13(17)18/h7-10H,2-6H2,1H3,(H,17,18)(H,14,15,16). The Morgan fingerprint density at radius 3 is 3.11 bits per heavy atom. The van der Waals surface area contributed by atoms with Gasteiger partial charge < -0.3 is 15.2 Å². The predicted molar refractivity (Wildman–Crippen MR) is 70.2 cm³/mol. The lowest BCUT2D eigenvalue weighted by Gasteiger charge is -2.18. The molecule has 0 aromatic carbocycles. The molecule has 2 atom stereocenters. The van der Waals surface area contributed by atoms with Crippen molar-refractivity contribution in [3.05, 3.63) is 12.4 Å². The lowest BCUT2D eigenvalue weighted by atomic mass is 10.0. The van der Waals surface area contributed by atoms with Gasteiger partial charge in [0.1, 0.15) is 12.1 Å². The van der Waals surface area contributed by atoms with E-state index >= 15 is 0 Å². The summed E-state index contributed by atoms with van der Waals surface area (Å²) in [5, 5.41) is 12.3. The second-order valence-electron chi connectivity index (χ2n) is 4.72. The Morgan fingerprint density at radius 1 is 1.53 bits per heavy atom. The van der Waals surface area contributed by atoms with Gasteiger partial charge in [-0.15, -0.1) is 0 Å². The molecule has 2 unspecified atom stereocenters. The van der Waals surface area contributed by atoms with Crippen molar-refractivity contribution in [1.29, 1.82) is 0 Å². The molecule has 0 bridgehead atoms. The Bertz CT molecular complexity index is 439. The molecule has 1 saturated carbocycles. The van der Waals surface area contributed by atoms with Crippen molar-refractivity contribution in [2.45, 2.75) is 38.6 Å². The summed E-state index contributed by atoms with van der Waals surface area (Å²) >= 11 is 0. The van der Waals surface area contributed by atoms with Gasteiger partial charge in [-0.05, 0) is 19.3 Å². The fraction of sp³-hybridized carbons (Fsp3) is 0.615. The molecule has 6 heteroatoms. The molecule has 0 aliphatic heterocycles. The van der Waals surface area contributed by atoms with Crippen LogP contribution < -0.4 is 10.1 Å². The Hall–Kier alpha value is -1.85. The maximum atomic E-state index is 11.1. The normalized spacial score (nSPS) is 22.2. The van der Waals surface area contributed by atoms with Gasteiger partial charge >= 0.3 is 5.97 Å². The molecule has 1 aromatic rings. The Morgan fingerprint density at radius 2 is 2.37 bits per heavy atom. The summed E-state index contributed by atoms with van der Waals surface area (Å²) in [6.07, 6.45) is 4.84. The van der Waals surface area contributed by atoms with E-state index in [0.29, 0.717) is 18.3 Å². The third kappa shape index (κ3) is 3.56. The van der Waals surface area contributed by atoms with Crippen molar-refractivity contribution in [3.63, 3.8) is 0 Å². The summed E-state index contributed by atoms with van der Waals surface area (Å²) in [6.45, 7) is 2.63. The number of hydrogen-bond donors (Lipinski definition) is 2. The molecule has 0 saturated heterocycles. The van der Waals surface area contributed by atoms with E-state index in [4.69, 9.17) is 9.84 Å². The van der Waals surface area contributed by atoms with Gasteiger partial charge in [-0.2, -0.15) is 0 Å². The molecule has 0 spiro atoms. The first-order chi connectivity index (χ1) is 9.20. The first-order valence-electron chi connectivity index (χ1n) is 6.65. The zero-order valence-corrected chi connectivity index (χ0v) is 11.0. The van der Waals surface area contributed by atoms with Gasteiger partial charge in [0.2, 0.25) is 5.88 Å². The number of hydrogen-bond acceptors (Lipinski definition) is 5. The minimum absolute atomic E-state index is 0.0635. The summed E-state index contributed by atoms with van der Waals surface area (Å²) in [4.78, 5) is 19.2. The maximum absolute atomic E-state index is 11.1. The summed E-state index contributed by atoms with van der Waals surface area (Å²) in [5.41, 5.74) is 0. The monoisotopic (exact) mass is 265 g/mol. The van der Waals surface area contributed by atoms with Crippen LogP contribution in [-0.4, -0.2) is 33.7 Å². The number of carboxylic acids is 1. The molecule has 1 aliphatic carbocycles. The van der Waals surface area contributed by atoms with Crippen molar-refractivity contribution in [3.8, 4) is 5.88 Å². The zero-order chi connectivity index (χ0) is 13.7. The summed E-state index contributed by atoms with van der Waals surface area (Å²) in [5.74, 6) is 0.0602. The van der Waals surface area contributed by atoms with Crippen molar-refractivity contribution >= 4 is 11.8 Å². The molecular formula is C13H19N3O3. The molecule has 0 radical (unpaired) electrons. The van der Waals surface area contributed by atoms with Crippen LogP contribution >= 0.6 is 0 Å². The van der Waals surface area contributed by atoms with Crippen LogP contribution in [0, 0.1) is 5.92 Å². The summed E-state index contributed by atoms with van der Waals surface area (Å²) < 4.78 is 5.43. The molecule has 1 fully saturated rings. The van der Waals surface area contributed by atoms with Crippen LogP contribution in [-0.2, 0) is 4.79 Å². The second-order valence-corrected chi connectivity index (χ2v) is 4.72. The lowest BCUT2D eigenvalue weighted by Crippen LogP contribution is -2.30. The topological polar surface area (TPSA) is 84.3 Å². The Kier molecular flexibility index (Phi) is 4.54. The average Bonchev–Trinajstić information content (AvgIpc) is 2.85. The average molecular weight is 265 g/mol. The molecule has 2 rings (SSSR count). The number of carbonyl (C=O) groups is 1. The van der Waals surface area contributed by atoms with E-state index in [-0.39, 0.29) is 12.0 Å². The number of anilines is 1. The summed E-state index contributed by atoms with van der Waals surface area (Å²) in [6, 6.07) is 1.65. The van der Waals surface area contributed by atoms with E-state index < -0.39 is 5.97 Å². The molecule has 0 amide bonds. The molecule has 1 aliphatic rings. The first kappa shape index (κ1) is 13.6.